The summed E-state index contributed by atoms with van der Waals surface area (Å²) in [6.07, 6.45) is 2.81. The summed E-state index contributed by atoms with van der Waals surface area (Å²) in [4.78, 5) is 4.32. The highest BCUT2D eigenvalue weighted by Gasteiger charge is 2.07. The molecule has 0 bridgehead atoms. The maximum atomic E-state index is 5.11. The van der Waals surface area contributed by atoms with Crippen LogP contribution >= 0.6 is 15.9 Å². The molecule has 0 amide bonds. The van der Waals surface area contributed by atoms with Gasteiger partial charge in [0.15, 0.2) is 5.82 Å². The summed E-state index contributed by atoms with van der Waals surface area (Å²) in [5.74, 6) is 1.40. The lowest BCUT2D eigenvalue weighted by molar-refractivity contribution is 0.375. The van der Waals surface area contributed by atoms with Gasteiger partial charge in [-0.1, -0.05) is 34.1 Å². The lowest BCUT2D eigenvalue weighted by atomic mass is 10.2. The number of benzene rings is 1. The maximum absolute atomic E-state index is 5.11. The zero-order valence-corrected chi connectivity index (χ0v) is 11.5. The molecule has 92 valence electrons. The van der Waals surface area contributed by atoms with Gasteiger partial charge in [0.05, 0.1) is 6.54 Å². The number of halogens is 1. The highest BCUT2D eigenvalue weighted by molar-refractivity contribution is 9.10. The van der Waals surface area contributed by atoms with Crippen molar-refractivity contribution in [1.29, 1.82) is 0 Å². The summed E-state index contributed by atoms with van der Waals surface area (Å²) >= 11 is 3.49. The van der Waals surface area contributed by atoms with E-state index in [0.717, 1.165) is 16.4 Å². The van der Waals surface area contributed by atoms with E-state index in [0.29, 0.717) is 18.3 Å². The summed E-state index contributed by atoms with van der Waals surface area (Å²) < 4.78 is 8.30. The lowest BCUT2D eigenvalue weighted by Crippen LogP contribution is -1.99. The molecule has 0 N–H and O–H groups in total. The van der Waals surface area contributed by atoms with E-state index in [9.17, 15) is 0 Å². The topological polar surface area (TPSA) is 43.9 Å². The molecule has 0 spiro atoms. The van der Waals surface area contributed by atoms with Crippen molar-refractivity contribution >= 4 is 26.8 Å². The van der Waals surface area contributed by atoms with Crippen LogP contribution in [0.3, 0.4) is 0 Å². The number of hydrogen-bond acceptors (Lipinski definition) is 3. The van der Waals surface area contributed by atoms with Crippen molar-refractivity contribution in [3.8, 4) is 0 Å². The summed E-state index contributed by atoms with van der Waals surface area (Å²) in [6.45, 7) is 2.63. The van der Waals surface area contributed by atoms with E-state index in [-0.39, 0.29) is 0 Å². The van der Waals surface area contributed by atoms with Crippen LogP contribution in [0.25, 0.3) is 10.9 Å². The van der Waals surface area contributed by atoms with Gasteiger partial charge in [-0.05, 0) is 23.6 Å². The van der Waals surface area contributed by atoms with Gasteiger partial charge >= 0.3 is 0 Å². The van der Waals surface area contributed by atoms with E-state index in [1.54, 1.807) is 0 Å². The first kappa shape index (κ1) is 11.5. The van der Waals surface area contributed by atoms with E-state index >= 15 is 0 Å². The smallest absolute Gasteiger partial charge is 0.226 e. The fourth-order valence-electron chi connectivity index (χ4n) is 1.95. The Labute approximate surface area is 113 Å². The molecule has 3 rings (SSSR count). The van der Waals surface area contributed by atoms with Crippen LogP contribution in [0, 0.1) is 0 Å². The van der Waals surface area contributed by atoms with Crippen LogP contribution in [-0.4, -0.2) is 14.7 Å². The number of aryl methyl sites for hydroxylation is 1. The molecular formula is C13H12BrN3O. The third kappa shape index (κ3) is 2.06. The van der Waals surface area contributed by atoms with E-state index in [1.807, 2.05) is 19.2 Å². The largest absolute Gasteiger partial charge is 0.340 e. The van der Waals surface area contributed by atoms with Crippen molar-refractivity contribution in [2.75, 3.05) is 0 Å². The Bertz CT molecular complexity index is 686. The molecule has 3 aromatic rings. The van der Waals surface area contributed by atoms with Crippen molar-refractivity contribution in [2.24, 2.45) is 0 Å². The van der Waals surface area contributed by atoms with Gasteiger partial charge in [0.25, 0.3) is 0 Å². The van der Waals surface area contributed by atoms with E-state index in [2.05, 4.69) is 48.8 Å². The van der Waals surface area contributed by atoms with Crippen LogP contribution in [0.2, 0.25) is 0 Å². The Morgan fingerprint density at radius 3 is 3.00 bits per heavy atom. The number of aromatic nitrogens is 3. The zero-order chi connectivity index (χ0) is 12.5. The lowest BCUT2D eigenvalue weighted by Gasteiger charge is -2.01. The van der Waals surface area contributed by atoms with Gasteiger partial charge in [0, 0.05) is 22.6 Å². The number of rotatable bonds is 3. The van der Waals surface area contributed by atoms with Crippen LogP contribution in [0.1, 0.15) is 18.6 Å². The van der Waals surface area contributed by atoms with E-state index in [1.165, 1.54) is 5.39 Å². The Morgan fingerprint density at radius 1 is 1.33 bits per heavy atom. The molecular weight excluding hydrogens is 294 g/mol. The molecule has 5 heteroatoms. The quantitative estimate of drug-likeness (QED) is 0.745. The van der Waals surface area contributed by atoms with Crippen LogP contribution < -0.4 is 0 Å². The van der Waals surface area contributed by atoms with E-state index < -0.39 is 0 Å². The van der Waals surface area contributed by atoms with Gasteiger partial charge in [-0.2, -0.15) is 4.98 Å². The molecule has 0 aliphatic carbocycles. The average Bonchev–Trinajstić information content (AvgIpc) is 2.97. The summed E-state index contributed by atoms with van der Waals surface area (Å²) in [6, 6.07) is 8.30. The second kappa shape index (κ2) is 4.57. The molecule has 1 aromatic carbocycles. The first-order valence-electron chi connectivity index (χ1n) is 5.82. The molecule has 18 heavy (non-hydrogen) atoms. The Kier molecular flexibility index (Phi) is 2.91. The normalized spacial score (nSPS) is 11.2. The molecule has 0 radical (unpaired) electrons. The van der Waals surface area contributed by atoms with Gasteiger partial charge in [0.2, 0.25) is 5.89 Å². The number of fused-ring (bicyclic) bond motifs is 1. The molecule has 0 saturated heterocycles. The van der Waals surface area contributed by atoms with Crippen LogP contribution in [-0.2, 0) is 13.0 Å². The second-order valence-corrected chi connectivity index (χ2v) is 5.02. The molecule has 0 unspecified atom stereocenters. The molecule has 0 aliphatic rings. The minimum atomic E-state index is 0.628. The van der Waals surface area contributed by atoms with Gasteiger partial charge < -0.3 is 9.09 Å². The molecule has 0 fully saturated rings. The molecule has 0 aliphatic heterocycles. The Balaban J connectivity index is 1.96. The van der Waals surface area contributed by atoms with Crippen LogP contribution in [0.4, 0.5) is 0 Å². The average molecular weight is 306 g/mol. The summed E-state index contributed by atoms with van der Waals surface area (Å²) in [5, 5.41) is 5.18. The zero-order valence-electron chi connectivity index (χ0n) is 9.93. The number of nitrogens with zero attached hydrogens (tertiary/aromatic N) is 3. The van der Waals surface area contributed by atoms with Crippen molar-refractivity contribution in [3.05, 3.63) is 46.7 Å². The second-order valence-electron chi connectivity index (χ2n) is 4.10. The minimum Gasteiger partial charge on any atom is -0.340 e. The Morgan fingerprint density at radius 2 is 2.22 bits per heavy atom. The first-order valence-corrected chi connectivity index (χ1v) is 6.61. The third-order valence-electron chi connectivity index (χ3n) is 2.86. The van der Waals surface area contributed by atoms with Gasteiger partial charge in [-0.25, -0.2) is 0 Å². The van der Waals surface area contributed by atoms with Gasteiger partial charge in [-0.3, -0.25) is 0 Å². The van der Waals surface area contributed by atoms with Crippen molar-refractivity contribution < 1.29 is 4.52 Å². The van der Waals surface area contributed by atoms with E-state index in [4.69, 9.17) is 4.52 Å². The summed E-state index contributed by atoms with van der Waals surface area (Å²) in [5.41, 5.74) is 1.16. The van der Waals surface area contributed by atoms with Crippen LogP contribution in [0.5, 0.6) is 0 Å². The first-order chi connectivity index (χ1) is 8.76. The molecule has 0 atom stereocenters. The Hall–Kier alpha value is -1.62. The predicted octanol–water partition coefficient (Wildman–Crippen LogP) is 3.40. The number of hydrogen-bond donors (Lipinski definition) is 0. The van der Waals surface area contributed by atoms with Crippen LogP contribution in [0.15, 0.2) is 39.5 Å². The van der Waals surface area contributed by atoms with Gasteiger partial charge in [0.1, 0.15) is 0 Å². The summed E-state index contributed by atoms with van der Waals surface area (Å²) in [7, 11) is 0. The highest BCUT2D eigenvalue weighted by Crippen LogP contribution is 2.21. The fourth-order valence-corrected chi connectivity index (χ4v) is 2.29. The highest BCUT2D eigenvalue weighted by atomic mass is 79.9. The van der Waals surface area contributed by atoms with Crippen molar-refractivity contribution in [1.82, 2.24) is 14.7 Å². The third-order valence-corrected chi connectivity index (χ3v) is 3.35. The van der Waals surface area contributed by atoms with Gasteiger partial charge in [-0.15, -0.1) is 0 Å². The predicted molar refractivity (Wildman–Crippen MR) is 72.4 cm³/mol. The molecule has 2 heterocycles. The standard InChI is InChI=1S/C13H12BrN3O/c1-2-13-15-12(16-18-13)8-17-6-5-9-3-4-10(14)7-11(9)17/h3-7H,2,8H2,1H3. The molecule has 2 aromatic heterocycles. The van der Waals surface area contributed by atoms with Crippen molar-refractivity contribution in [2.45, 2.75) is 19.9 Å². The minimum absolute atomic E-state index is 0.628. The molecule has 0 saturated carbocycles. The SMILES string of the molecule is CCc1nc(Cn2ccc3ccc(Br)cc32)no1. The fraction of sp³-hybridized carbons (Fsp3) is 0.231. The van der Waals surface area contributed by atoms with Crippen molar-refractivity contribution in [3.63, 3.8) is 0 Å². The molecule has 4 nitrogen and oxygen atoms in total. The maximum Gasteiger partial charge on any atom is 0.226 e. The monoisotopic (exact) mass is 305 g/mol.